The average Bonchev–Trinajstić information content (AvgIpc) is 2.51. The molecule has 1 heterocycles. The van der Waals surface area contributed by atoms with E-state index in [0.717, 1.165) is 0 Å². The highest BCUT2D eigenvalue weighted by Gasteiger charge is 2.20. The first kappa shape index (κ1) is 16.9. The second-order valence-corrected chi connectivity index (χ2v) is 5.21. The van der Waals surface area contributed by atoms with Crippen LogP contribution in [0.15, 0.2) is 18.2 Å². The Morgan fingerprint density at radius 3 is 2.09 bits per heavy atom. The van der Waals surface area contributed by atoms with Crippen LogP contribution in [0.1, 0.15) is 21.6 Å². The monoisotopic (exact) mass is 336 g/mol. The van der Waals surface area contributed by atoms with Crippen molar-refractivity contribution in [2.45, 2.75) is 13.8 Å². The van der Waals surface area contributed by atoms with E-state index >= 15 is 0 Å². The fraction of sp³-hybridized carbons (Fsp3) is 0.250. The molecule has 1 aromatic heterocycles. The maximum Gasteiger partial charge on any atom is 0.254 e. The van der Waals surface area contributed by atoms with E-state index in [0.29, 0.717) is 33.5 Å². The molecule has 2 aromatic rings. The highest BCUT2D eigenvalue weighted by Crippen LogP contribution is 2.34. The molecule has 0 aliphatic carbocycles. The fourth-order valence-electron chi connectivity index (χ4n) is 2.11. The lowest BCUT2D eigenvalue weighted by Crippen LogP contribution is -2.16. The van der Waals surface area contributed by atoms with Crippen LogP contribution in [0.25, 0.3) is 0 Å². The van der Waals surface area contributed by atoms with Gasteiger partial charge < -0.3 is 19.9 Å². The molecule has 1 aromatic carbocycles. The van der Waals surface area contributed by atoms with Crippen LogP contribution in [-0.2, 0) is 0 Å². The predicted octanol–water partition coefficient (Wildman–Crippen LogP) is 3.26. The Labute approximate surface area is 139 Å². The normalized spacial score (nSPS) is 10.3. The number of benzene rings is 1. The molecule has 0 aliphatic heterocycles. The largest absolute Gasteiger partial charge is 0.496 e. The quantitative estimate of drug-likeness (QED) is 0.906. The summed E-state index contributed by atoms with van der Waals surface area (Å²) in [5.41, 5.74) is 6.64. The second-order valence-electron chi connectivity index (χ2n) is 4.83. The molecule has 0 radical (unpaired) electrons. The third kappa shape index (κ3) is 3.48. The lowest BCUT2D eigenvalue weighted by atomic mass is 10.1. The number of pyridine rings is 1. The van der Waals surface area contributed by atoms with Gasteiger partial charge in [0.2, 0.25) is 5.88 Å². The molecule has 2 rings (SSSR count). The van der Waals surface area contributed by atoms with Crippen molar-refractivity contribution in [3.63, 3.8) is 0 Å². The van der Waals surface area contributed by atoms with E-state index in [1.54, 1.807) is 32.0 Å². The number of primary amides is 1. The van der Waals surface area contributed by atoms with E-state index in [1.165, 1.54) is 14.2 Å². The Kier molecular flexibility index (Phi) is 4.95. The topological polar surface area (TPSA) is 83.7 Å². The number of methoxy groups -OCH3 is 2. The van der Waals surface area contributed by atoms with Crippen LogP contribution >= 0.6 is 11.6 Å². The highest BCUT2D eigenvalue weighted by atomic mass is 35.5. The molecular formula is C16H17ClN2O4. The van der Waals surface area contributed by atoms with Gasteiger partial charge in [-0.05, 0) is 19.4 Å². The molecule has 1 amide bonds. The van der Waals surface area contributed by atoms with Crippen molar-refractivity contribution >= 4 is 17.5 Å². The van der Waals surface area contributed by atoms with Crippen molar-refractivity contribution in [3.8, 4) is 23.1 Å². The summed E-state index contributed by atoms with van der Waals surface area (Å²) < 4.78 is 16.1. The second kappa shape index (κ2) is 6.75. The zero-order chi connectivity index (χ0) is 17.1. The first-order valence-electron chi connectivity index (χ1n) is 6.74. The molecule has 0 saturated heterocycles. The number of aryl methyl sites for hydroxylation is 1. The number of nitrogens with two attached hydrogens (primary N) is 1. The van der Waals surface area contributed by atoms with Gasteiger partial charge in [0.15, 0.2) is 0 Å². The Morgan fingerprint density at radius 2 is 1.61 bits per heavy atom. The third-order valence-electron chi connectivity index (χ3n) is 3.29. The molecule has 0 saturated carbocycles. The standard InChI is InChI=1S/C16H17ClN2O4/c1-8-13(15(18)20)16(19-9(2)14(8)17)23-12-6-10(21-3)5-11(7-12)22-4/h5-7H,1-4H3,(H2,18,20). The molecule has 0 bridgehead atoms. The van der Waals surface area contributed by atoms with Crippen LogP contribution in [0.3, 0.4) is 0 Å². The van der Waals surface area contributed by atoms with E-state index < -0.39 is 5.91 Å². The number of aromatic nitrogens is 1. The maximum absolute atomic E-state index is 11.7. The van der Waals surface area contributed by atoms with Gasteiger partial charge in [0.1, 0.15) is 22.8 Å². The van der Waals surface area contributed by atoms with Gasteiger partial charge in [-0.15, -0.1) is 0 Å². The smallest absolute Gasteiger partial charge is 0.254 e. The number of amides is 1. The number of rotatable bonds is 5. The van der Waals surface area contributed by atoms with Gasteiger partial charge in [0.25, 0.3) is 5.91 Å². The van der Waals surface area contributed by atoms with Crippen molar-refractivity contribution < 1.29 is 19.0 Å². The zero-order valence-corrected chi connectivity index (χ0v) is 14.0. The number of hydrogen-bond acceptors (Lipinski definition) is 5. The number of ether oxygens (including phenoxy) is 3. The molecule has 0 fully saturated rings. The minimum Gasteiger partial charge on any atom is -0.496 e. The Hall–Kier alpha value is -2.47. The van der Waals surface area contributed by atoms with Gasteiger partial charge >= 0.3 is 0 Å². The molecule has 0 unspecified atom stereocenters. The van der Waals surface area contributed by atoms with Gasteiger partial charge in [0.05, 0.1) is 24.9 Å². The summed E-state index contributed by atoms with van der Waals surface area (Å²) in [6.07, 6.45) is 0. The van der Waals surface area contributed by atoms with E-state index in [4.69, 9.17) is 31.5 Å². The number of hydrogen-bond donors (Lipinski definition) is 1. The number of carbonyl (C=O) groups excluding carboxylic acids is 1. The molecular weight excluding hydrogens is 320 g/mol. The summed E-state index contributed by atoms with van der Waals surface area (Å²) in [6.45, 7) is 3.41. The minimum atomic E-state index is -0.665. The van der Waals surface area contributed by atoms with Gasteiger partial charge in [-0.3, -0.25) is 4.79 Å². The summed E-state index contributed by atoms with van der Waals surface area (Å²) in [5.74, 6) is 0.913. The average molecular weight is 337 g/mol. The molecule has 6 nitrogen and oxygen atoms in total. The summed E-state index contributed by atoms with van der Waals surface area (Å²) in [5, 5.41) is 0.384. The van der Waals surface area contributed by atoms with E-state index in [9.17, 15) is 4.79 Å². The summed E-state index contributed by atoms with van der Waals surface area (Å²) in [6, 6.07) is 5.00. The Morgan fingerprint density at radius 1 is 1.09 bits per heavy atom. The van der Waals surface area contributed by atoms with Gasteiger partial charge in [0, 0.05) is 18.2 Å². The maximum atomic E-state index is 11.7. The molecule has 0 aliphatic rings. The number of carbonyl (C=O) groups is 1. The van der Waals surface area contributed by atoms with Crippen molar-refractivity contribution in [1.29, 1.82) is 0 Å². The van der Waals surface area contributed by atoms with Gasteiger partial charge in [-0.2, -0.15) is 0 Å². The molecule has 23 heavy (non-hydrogen) atoms. The lowest BCUT2D eigenvalue weighted by molar-refractivity contribution is 0.0997. The SMILES string of the molecule is COc1cc(OC)cc(Oc2nc(C)c(Cl)c(C)c2C(N)=O)c1. The van der Waals surface area contributed by atoms with Crippen molar-refractivity contribution in [1.82, 2.24) is 4.98 Å². The number of nitrogens with zero attached hydrogens (tertiary/aromatic N) is 1. The molecule has 0 spiro atoms. The van der Waals surface area contributed by atoms with Crippen LogP contribution < -0.4 is 19.9 Å². The first-order chi connectivity index (χ1) is 10.9. The molecule has 2 N–H and O–H groups in total. The van der Waals surface area contributed by atoms with Crippen LogP contribution in [0.4, 0.5) is 0 Å². The first-order valence-corrected chi connectivity index (χ1v) is 7.12. The Bertz CT molecular complexity index is 740. The lowest BCUT2D eigenvalue weighted by Gasteiger charge is -2.14. The summed E-state index contributed by atoms with van der Waals surface area (Å²) in [4.78, 5) is 16.0. The molecule has 122 valence electrons. The highest BCUT2D eigenvalue weighted by molar-refractivity contribution is 6.32. The number of halogens is 1. The van der Waals surface area contributed by atoms with Gasteiger partial charge in [-0.25, -0.2) is 4.98 Å². The fourth-order valence-corrected chi connectivity index (χ4v) is 2.25. The van der Waals surface area contributed by atoms with Crippen LogP contribution in [0.2, 0.25) is 5.02 Å². The molecule has 7 heteroatoms. The van der Waals surface area contributed by atoms with E-state index in [2.05, 4.69) is 4.98 Å². The van der Waals surface area contributed by atoms with Crippen LogP contribution in [0.5, 0.6) is 23.1 Å². The van der Waals surface area contributed by atoms with Crippen LogP contribution in [0, 0.1) is 13.8 Å². The van der Waals surface area contributed by atoms with E-state index in [-0.39, 0.29) is 11.4 Å². The van der Waals surface area contributed by atoms with Crippen molar-refractivity contribution in [3.05, 3.63) is 40.0 Å². The van der Waals surface area contributed by atoms with Crippen molar-refractivity contribution in [2.24, 2.45) is 5.73 Å². The molecule has 0 atom stereocenters. The van der Waals surface area contributed by atoms with Gasteiger partial charge in [-0.1, -0.05) is 11.6 Å². The van der Waals surface area contributed by atoms with Crippen LogP contribution in [-0.4, -0.2) is 25.1 Å². The summed E-state index contributed by atoms with van der Waals surface area (Å²) >= 11 is 6.13. The van der Waals surface area contributed by atoms with Crippen molar-refractivity contribution in [2.75, 3.05) is 14.2 Å². The third-order valence-corrected chi connectivity index (χ3v) is 3.85. The van der Waals surface area contributed by atoms with E-state index in [1.807, 2.05) is 0 Å². The Balaban J connectivity index is 2.54. The summed E-state index contributed by atoms with van der Waals surface area (Å²) in [7, 11) is 3.06. The zero-order valence-electron chi connectivity index (χ0n) is 13.3. The predicted molar refractivity (Wildman–Crippen MR) is 86.9 cm³/mol. The minimum absolute atomic E-state index is 0.0900.